The normalized spacial score (nSPS) is 11.8. The highest BCUT2D eigenvalue weighted by Gasteiger charge is 2.24. The first kappa shape index (κ1) is 16.7. The van der Waals surface area contributed by atoms with Crippen LogP contribution in [-0.4, -0.2) is 28.0 Å². The summed E-state index contributed by atoms with van der Waals surface area (Å²) in [6.45, 7) is 5.56. The van der Waals surface area contributed by atoms with E-state index >= 15 is 0 Å². The Kier molecular flexibility index (Phi) is 4.83. The fourth-order valence-electron chi connectivity index (χ4n) is 2.25. The van der Waals surface area contributed by atoms with Gasteiger partial charge in [-0.2, -0.15) is 5.10 Å². The number of aromatic nitrogens is 2. The van der Waals surface area contributed by atoms with E-state index in [0.717, 1.165) is 0 Å². The van der Waals surface area contributed by atoms with Crippen LogP contribution in [0.5, 0.6) is 0 Å². The number of hydrogen-bond acceptors (Lipinski definition) is 3. The Morgan fingerprint density at radius 3 is 2.43 bits per heavy atom. The molecule has 2 aromatic rings. The van der Waals surface area contributed by atoms with Crippen molar-refractivity contribution in [2.24, 2.45) is 0 Å². The average molecular weight is 318 g/mol. The largest absolute Gasteiger partial charge is 0.501 e. The van der Waals surface area contributed by atoms with E-state index in [-0.39, 0.29) is 17.4 Å². The second kappa shape index (κ2) is 6.64. The predicted octanol–water partition coefficient (Wildman–Crippen LogP) is 3.98. The van der Waals surface area contributed by atoms with Gasteiger partial charge in [0.05, 0.1) is 18.6 Å². The Balaban J connectivity index is 2.75. The van der Waals surface area contributed by atoms with Crippen LogP contribution in [0.2, 0.25) is 0 Å². The first-order valence-electron chi connectivity index (χ1n) is 7.19. The Morgan fingerprint density at radius 1 is 1.35 bits per heavy atom. The number of rotatable bonds is 5. The van der Waals surface area contributed by atoms with Gasteiger partial charge in [0, 0.05) is 17.7 Å². The van der Waals surface area contributed by atoms with Crippen LogP contribution < -0.4 is 0 Å². The van der Waals surface area contributed by atoms with Crippen molar-refractivity contribution in [2.45, 2.75) is 26.8 Å². The van der Waals surface area contributed by atoms with Crippen molar-refractivity contribution < 1.29 is 19.0 Å². The summed E-state index contributed by atoms with van der Waals surface area (Å²) >= 11 is 0. The molecule has 0 atom stereocenters. The van der Waals surface area contributed by atoms with E-state index in [4.69, 9.17) is 4.74 Å². The fraction of sp³-hybridized carbons (Fsp3) is 0.294. The number of carboxylic acid groups (broad SMARTS) is 1. The standard InChI is InChI=1S/C17H19FN2O3/c1-10(2)20-14(9-11(3)23-4)15(17(21)22)16(19-20)12-5-7-13(18)8-6-12/h5-10H,1-4H3,(H,21,22). The lowest BCUT2D eigenvalue weighted by molar-refractivity contribution is 0.0697. The van der Waals surface area contributed by atoms with Gasteiger partial charge in [0.1, 0.15) is 17.1 Å². The van der Waals surface area contributed by atoms with E-state index in [2.05, 4.69) is 5.10 Å². The zero-order valence-corrected chi connectivity index (χ0v) is 13.5. The van der Waals surface area contributed by atoms with Gasteiger partial charge in [-0.15, -0.1) is 0 Å². The number of benzene rings is 1. The maximum absolute atomic E-state index is 13.1. The molecule has 0 saturated carbocycles. The molecule has 0 aliphatic heterocycles. The zero-order valence-electron chi connectivity index (χ0n) is 13.5. The van der Waals surface area contributed by atoms with Crippen molar-refractivity contribution in [1.82, 2.24) is 9.78 Å². The maximum atomic E-state index is 13.1. The molecule has 1 heterocycles. The van der Waals surface area contributed by atoms with Gasteiger partial charge in [-0.25, -0.2) is 9.18 Å². The first-order valence-corrected chi connectivity index (χ1v) is 7.19. The van der Waals surface area contributed by atoms with Crippen molar-refractivity contribution in [1.29, 1.82) is 0 Å². The minimum Gasteiger partial charge on any atom is -0.501 e. The number of halogens is 1. The Morgan fingerprint density at radius 2 is 1.96 bits per heavy atom. The summed E-state index contributed by atoms with van der Waals surface area (Å²) in [7, 11) is 1.52. The molecule has 0 saturated heterocycles. The van der Waals surface area contributed by atoms with Gasteiger partial charge in [0.15, 0.2) is 0 Å². The molecule has 6 heteroatoms. The number of nitrogens with zero attached hydrogens (tertiary/aromatic N) is 2. The molecule has 0 aliphatic rings. The molecular weight excluding hydrogens is 299 g/mol. The lowest BCUT2D eigenvalue weighted by Gasteiger charge is -2.09. The van der Waals surface area contributed by atoms with Crippen LogP contribution in [0.4, 0.5) is 4.39 Å². The molecule has 0 radical (unpaired) electrons. The van der Waals surface area contributed by atoms with E-state index in [9.17, 15) is 14.3 Å². The van der Waals surface area contributed by atoms with Crippen LogP contribution in [0.25, 0.3) is 17.3 Å². The average Bonchev–Trinajstić information content (AvgIpc) is 2.87. The summed E-state index contributed by atoms with van der Waals surface area (Å²) in [4.78, 5) is 11.8. The molecule has 0 aliphatic carbocycles. The number of carbonyl (C=O) groups is 1. The quantitative estimate of drug-likeness (QED) is 0.847. The Bertz CT molecular complexity index is 746. The van der Waals surface area contributed by atoms with Crippen LogP contribution in [0, 0.1) is 5.82 Å². The van der Waals surface area contributed by atoms with Crippen molar-refractivity contribution in [3.05, 3.63) is 47.1 Å². The summed E-state index contributed by atoms with van der Waals surface area (Å²) in [6.07, 6.45) is 1.64. The number of carboxylic acids is 1. The minimum atomic E-state index is -1.09. The third kappa shape index (κ3) is 3.41. The summed E-state index contributed by atoms with van der Waals surface area (Å²) < 4.78 is 19.9. The molecule has 0 spiro atoms. The van der Waals surface area contributed by atoms with Gasteiger partial charge in [-0.3, -0.25) is 4.68 Å². The molecular formula is C17H19FN2O3. The highest BCUT2D eigenvalue weighted by molar-refractivity contribution is 5.98. The number of aromatic carboxylic acids is 1. The van der Waals surface area contributed by atoms with Gasteiger partial charge >= 0.3 is 5.97 Å². The van der Waals surface area contributed by atoms with Crippen LogP contribution in [0.15, 0.2) is 30.0 Å². The molecule has 1 aromatic heterocycles. The Hall–Kier alpha value is -2.63. The first-order chi connectivity index (χ1) is 10.8. The van der Waals surface area contributed by atoms with Crippen molar-refractivity contribution >= 4 is 12.0 Å². The molecule has 1 aromatic carbocycles. The second-order valence-electron chi connectivity index (χ2n) is 5.42. The third-order valence-corrected chi connectivity index (χ3v) is 3.43. The summed E-state index contributed by atoms with van der Waals surface area (Å²) in [6, 6.07) is 5.56. The fourth-order valence-corrected chi connectivity index (χ4v) is 2.25. The maximum Gasteiger partial charge on any atom is 0.340 e. The molecule has 23 heavy (non-hydrogen) atoms. The molecule has 0 amide bonds. The van der Waals surface area contributed by atoms with E-state index < -0.39 is 5.97 Å². The van der Waals surface area contributed by atoms with E-state index in [1.54, 1.807) is 17.7 Å². The van der Waals surface area contributed by atoms with E-state index in [1.807, 2.05) is 13.8 Å². The molecule has 0 bridgehead atoms. The van der Waals surface area contributed by atoms with Crippen molar-refractivity contribution in [2.75, 3.05) is 7.11 Å². The van der Waals surface area contributed by atoms with Gasteiger partial charge in [0.2, 0.25) is 0 Å². The number of allylic oxidation sites excluding steroid dienone is 1. The molecule has 0 fully saturated rings. The van der Waals surface area contributed by atoms with Crippen LogP contribution in [0.3, 0.4) is 0 Å². The minimum absolute atomic E-state index is 0.0433. The summed E-state index contributed by atoms with van der Waals surface area (Å²) in [5.74, 6) is -0.907. The SMILES string of the molecule is COC(C)=Cc1c(C(=O)O)c(-c2ccc(F)cc2)nn1C(C)C. The topological polar surface area (TPSA) is 64.3 Å². The zero-order chi connectivity index (χ0) is 17.1. The summed E-state index contributed by atoms with van der Waals surface area (Å²) in [5, 5.41) is 14.1. The number of ether oxygens (including phenoxy) is 1. The van der Waals surface area contributed by atoms with Crippen LogP contribution in [0.1, 0.15) is 42.9 Å². The number of methoxy groups -OCH3 is 1. The molecule has 122 valence electrons. The molecule has 1 N–H and O–H groups in total. The number of hydrogen-bond donors (Lipinski definition) is 1. The summed E-state index contributed by atoms with van der Waals surface area (Å²) in [5.41, 5.74) is 1.38. The highest BCUT2D eigenvalue weighted by Crippen LogP contribution is 2.29. The highest BCUT2D eigenvalue weighted by atomic mass is 19.1. The van der Waals surface area contributed by atoms with Gasteiger partial charge in [-0.05, 0) is 45.0 Å². The lowest BCUT2D eigenvalue weighted by atomic mass is 10.1. The molecule has 2 rings (SSSR count). The second-order valence-corrected chi connectivity index (χ2v) is 5.42. The van der Waals surface area contributed by atoms with Gasteiger partial charge in [0.25, 0.3) is 0 Å². The van der Waals surface area contributed by atoms with Crippen LogP contribution >= 0.6 is 0 Å². The molecule has 0 unspecified atom stereocenters. The lowest BCUT2D eigenvalue weighted by Crippen LogP contribution is -2.07. The predicted molar refractivity (Wildman–Crippen MR) is 85.6 cm³/mol. The van der Waals surface area contributed by atoms with Crippen LogP contribution in [-0.2, 0) is 4.74 Å². The smallest absolute Gasteiger partial charge is 0.340 e. The Labute approximate surface area is 134 Å². The monoisotopic (exact) mass is 318 g/mol. The van der Waals surface area contributed by atoms with Gasteiger partial charge < -0.3 is 9.84 Å². The van der Waals surface area contributed by atoms with E-state index in [1.165, 1.54) is 31.4 Å². The van der Waals surface area contributed by atoms with Gasteiger partial charge in [-0.1, -0.05) is 0 Å². The van der Waals surface area contributed by atoms with Crippen molar-refractivity contribution in [3.8, 4) is 11.3 Å². The molecule has 5 nitrogen and oxygen atoms in total. The van der Waals surface area contributed by atoms with Crippen molar-refractivity contribution in [3.63, 3.8) is 0 Å². The third-order valence-electron chi connectivity index (χ3n) is 3.43. The van der Waals surface area contributed by atoms with E-state index in [0.29, 0.717) is 22.7 Å².